The summed E-state index contributed by atoms with van der Waals surface area (Å²) in [6.07, 6.45) is -1.18. The van der Waals surface area contributed by atoms with Crippen molar-refractivity contribution in [1.82, 2.24) is 14.9 Å². The van der Waals surface area contributed by atoms with Gasteiger partial charge in [-0.1, -0.05) is 36.4 Å². The number of hydrogen-bond donors (Lipinski definition) is 2. The first kappa shape index (κ1) is 23.0. The molecule has 0 spiro atoms. The highest BCUT2D eigenvalue weighted by molar-refractivity contribution is 6.01. The molecule has 0 aliphatic rings. The fraction of sp³-hybridized carbons (Fsp3) is 0.160. The van der Waals surface area contributed by atoms with Crippen molar-refractivity contribution in [3.8, 4) is 0 Å². The van der Waals surface area contributed by atoms with E-state index >= 15 is 0 Å². The smallest absolute Gasteiger partial charge is 0.416 e. The van der Waals surface area contributed by atoms with Gasteiger partial charge in [-0.3, -0.25) is 4.79 Å². The Balaban J connectivity index is 1.60. The lowest BCUT2D eigenvalue weighted by atomic mass is 10.0. The number of aromatic carboxylic acids is 1. The van der Waals surface area contributed by atoms with E-state index in [-0.39, 0.29) is 17.5 Å². The molecule has 0 fully saturated rings. The predicted molar refractivity (Wildman–Crippen MR) is 119 cm³/mol. The van der Waals surface area contributed by atoms with Gasteiger partial charge in [-0.05, 0) is 54.3 Å². The Morgan fingerprint density at radius 2 is 1.82 bits per heavy atom. The van der Waals surface area contributed by atoms with Crippen molar-refractivity contribution < 1.29 is 27.9 Å². The number of fused-ring (bicyclic) bond motifs is 1. The SMILES string of the molecule is C[C@H](NC(=O)c1cnn2cccc(Cc3cccc(C(F)(F)F)c3)c12)c1ccc(C(=O)O)cc1. The van der Waals surface area contributed by atoms with E-state index in [0.29, 0.717) is 16.6 Å². The molecular formula is C25H20F3N3O3. The quantitative estimate of drug-likeness (QED) is 0.412. The third-order valence-corrected chi connectivity index (χ3v) is 5.52. The van der Waals surface area contributed by atoms with Crippen LogP contribution in [0.4, 0.5) is 13.2 Å². The molecule has 0 saturated heterocycles. The van der Waals surface area contributed by atoms with E-state index in [1.54, 1.807) is 43.5 Å². The Hall–Kier alpha value is -4.14. The van der Waals surface area contributed by atoms with Crippen LogP contribution in [0, 0.1) is 0 Å². The number of benzene rings is 2. The third-order valence-electron chi connectivity index (χ3n) is 5.52. The fourth-order valence-electron chi connectivity index (χ4n) is 3.77. The summed E-state index contributed by atoms with van der Waals surface area (Å²) in [4.78, 5) is 24.1. The lowest BCUT2D eigenvalue weighted by molar-refractivity contribution is -0.137. The number of amides is 1. The Bertz CT molecular complexity index is 1360. The summed E-state index contributed by atoms with van der Waals surface area (Å²) in [6, 6.07) is 14.3. The van der Waals surface area contributed by atoms with Crippen molar-refractivity contribution in [3.05, 3.63) is 106 Å². The van der Waals surface area contributed by atoms with E-state index in [1.807, 2.05) is 0 Å². The first-order valence-electron chi connectivity index (χ1n) is 10.4. The van der Waals surface area contributed by atoms with Gasteiger partial charge in [0.25, 0.3) is 5.91 Å². The van der Waals surface area contributed by atoms with Crippen molar-refractivity contribution in [2.24, 2.45) is 0 Å². The summed E-state index contributed by atoms with van der Waals surface area (Å²) < 4.78 is 40.8. The molecule has 0 aliphatic heterocycles. The summed E-state index contributed by atoms with van der Waals surface area (Å²) in [5.74, 6) is -1.44. The average molecular weight is 467 g/mol. The molecule has 9 heteroatoms. The maximum Gasteiger partial charge on any atom is 0.416 e. The van der Waals surface area contributed by atoms with Crippen LogP contribution in [-0.2, 0) is 12.6 Å². The lowest BCUT2D eigenvalue weighted by Crippen LogP contribution is -2.26. The van der Waals surface area contributed by atoms with Crippen molar-refractivity contribution in [1.29, 1.82) is 0 Å². The number of rotatable bonds is 6. The van der Waals surface area contributed by atoms with E-state index in [1.165, 1.54) is 28.9 Å². The highest BCUT2D eigenvalue weighted by atomic mass is 19.4. The van der Waals surface area contributed by atoms with Crippen LogP contribution < -0.4 is 5.32 Å². The van der Waals surface area contributed by atoms with Gasteiger partial charge in [0.05, 0.1) is 34.4 Å². The zero-order chi connectivity index (χ0) is 24.5. The molecule has 1 atom stereocenters. The van der Waals surface area contributed by atoms with Crippen LogP contribution in [0.2, 0.25) is 0 Å². The normalized spacial score (nSPS) is 12.5. The number of carboxylic acids is 1. The second-order valence-corrected chi connectivity index (χ2v) is 7.88. The van der Waals surface area contributed by atoms with E-state index in [9.17, 15) is 22.8 Å². The molecule has 2 N–H and O–H groups in total. The Morgan fingerprint density at radius 1 is 1.09 bits per heavy atom. The molecule has 2 aromatic heterocycles. The first-order valence-corrected chi connectivity index (χ1v) is 10.4. The van der Waals surface area contributed by atoms with Crippen LogP contribution in [0.25, 0.3) is 5.52 Å². The van der Waals surface area contributed by atoms with Gasteiger partial charge in [-0.2, -0.15) is 18.3 Å². The second kappa shape index (κ2) is 9.01. The number of halogens is 3. The molecule has 2 heterocycles. The van der Waals surface area contributed by atoms with Gasteiger partial charge >= 0.3 is 12.1 Å². The standard InChI is InChI=1S/C25H20F3N3O3/c1-15(17-7-9-18(10-8-17)24(33)34)30-23(32)21-14-29-31-11-3-5-19(22(21)31)12-16-4-2-6-20(13-16)25(26,27)28/h2-11,13-15H,12H2,1H3,(H,30,32)(H,33,34)/t15-/m0/s1. The van der Waals surface area contributed by atoms with Crippen LogP contribution in [0.5, 0.6) is 0 Å². The summed E-state index contributed by atoms with van der Waals surface area (Å²) in [5.41, 5.74) is 2.04. The molecule has 6 nitrogen and oxygen atoms in total. The Kier molecular flexibility index (Phi) is 6.10. The maximum absolute atomic E-state index is 13.1. The molecule has 1 amide bonds. The van der Waals surface area contributed by atoms with Gasteiger partial charge in [0.1, 0.15) is 0 Å². The van der Waals surface area contributed by atoms with Crippen LogP contribution in [0.1, 0.15) is 55.9 Å². The van der Waals surface area contributed by atoms with Crippen LogP contribution in [0.15, 0.2) is 73.1 Å². The minimum atomic E-state index is -4.44. The van der Waals surface area contributed by atoms with Gasteiger partial charge in [-0.25, -0.2) is 9.31 Å². The minimum Gasteiger partial charge on any atom is -0.478 e. The van der Waals surface area contributed by atoms with E-state index in [4.69, 9.17) is 5.11 Å². The molecule has 0 bridgehead atoms. The topological polar surface area (TPSA) is 83.7 Å². The number of pyridine rings is 1. The Morgan fingerprint density at radius 3 is 2.50 bits per heavy atom. The molecule has 4 aromatic rings. The molecule has 0 aliphatic carbocycles. The van der Waals surface area contributed by atoms with Crippen LogP contribution >= 0.6 is 0 Å². The van der Waals surface area contributed by atoms with E-state index < -0.39 is 29.7 Å². The predicted octanol–water partition coefficient (Wildman–Crippen LogP) is 5.13. The largest absolute Gasteiger partial charge is 0.478 e. The number of alkyl halides is 3. The molecule has 2 aromatic carbocycles. The van der Waals surface area contributed by atoms with Gasteiger partial charge < -0.3 is 10.4 Å². The molecule has 34 heavy (non-hydrogen) atoms. The highest BCUT2D eigenvalue weighted by Gasteiger charge is 2.30. The van der Waals surface area contributed by atoms with E-state index in [0.717, 1.165) is 17.7 Å². The number of nitrogens with zero attached hydrogens (tertiary/aromatic N) is 2. The van der Waals surface area contributed by atoms with Gasteiger partial charge in [-0.15, -0.1) is 0 Å². The minimum absolute atomic E-state index is 0.143. The number of hydrogen-bond acceptors (Lipinski definition) is 3. The highest BCUT2D eigenvalue weighted by Crippen LogP contribution is 2.30. The number of aromatic nitrogens is 2. The third kappa shape index (κ3) is 4.78. The Labute approximate surface area is 192 Å². The lowest BCUT2D eigenvalue weighted by Gasteiger charge is -2.15. The molecule has 4 rings (SSSR count). The first-order chi connectivity index (χ1) is 16.1. The van der Waals surface area contributed by atoms with Crippen molar-refractivity contribution in [2.75, 3.05) is 0 Å². The fourth-order valence-corrected chi connectivity index (χ4v) is 3.77. The van der Waals surface area contributed by atoms with Crippen LogP contribution in [-0.4, -0.2) is 26.6 Å². The van der Waals surface area contributed by atoms with Gasteiger partial charge in [0, 0.05) is 6.20 Å². The molecule has 0 saturated carbocycles. The molecular weight excluding hydrogens is 447 g/mol. The van der Waals surface area contributed by atoms with Crippen molar-refractivity contribution >= 4 is 17.4 Å². The number of carbonyl (C=O) groups excluding carboxylic acids is 1. The number of nitrogens with one attached hydrogen (secondary N) is 1. The summed E-state index contributed by atoms with van der Waals surface area (Å²) >= 11 is 0. The summed E-state index contributed by atoms with van der Waals surface area (Å²) in [5, 5.41) is 16.1. The molecule has 0 radical (unpaired) electrons. The van der Waals surface area contributed by atoms with Gasteiger partial charge in [0.2, 0.25) is 0 Å². The van der Waals surface area contributed by atoms with Gasteiger partial charge in [0.15, 0.2) is 0 Å². The average Bonchev–Trinajstić information content (AvgIpc) is 3.24. The molecule has 174 valence electrons. The van der Waals surface area contributed by atoms with Crippen LogP contribution in [0.3, 0.4) is 0 Å². The number of carboxylic acid groups (broad SMARTS) is 1. The van der Waals surface area contributed by atoms with E-state index in [2.05, 4.69) is 10.4 Å². The van der Waals surface area contributed by atoms with Crippen molar-refractivity contribution in [2.45, 2.75) is 25.6 Å². The van der Waals surface area contributed by atoms with Crippen molar-refractivity contribution in [3.63, 3.8) is 0 Å². The molecule has 0 unspecified atom stereocenters. The monoisotopic (exact) mass is 467 g/mol. The summed E-state index contributed by atoms with van der Waals surface area (Å²) in [6.45, 7) is 1.77. The zero-order valence-electron chi connectivity index (χ0n) is 18.0. The number of carbonyl (C=O) groups is 2. The second-order valence-electron chi connectivity index (χ2n) is 7.88. The zero-order valence-corrected chi connectivity index (χ0v) is 18.0. The summed E-state index contributed by atoms with van der Waals surface area (Å²) in [7, 11) is 0. The maximum atomic E-state index is 13.1.